The summed E-state index contributed by atoms with van der Waals surface area (Å²) in [4.78, 5) is 28.1. The van der Waals surface area contributed by atoms with Crippen molar-refractivity contribution in [1.29, 1.82) is 0 Å². The van der Waals surface area contributed by atoms with Crippen molar-refractivity contribution in [1.82, 2.24) is 9.29 Å². The third kappa shape index (κ3) is 7.84. The molecule has 2 saturated heterocycles. The summed E-state index contributed by atoms with van der Waals surface area (Å²) < 4.78 is 40.5. The molecule has 3 fully saturated rings. The summed E-state index contributed by atoms with van der Waals surface area (Å²) in [6, 6.07) is 18.4. The topological polar surface area (TPSA) is 133 Å². The van der Waals surface area contributed by atoms with Crippen molar-refractivity contribution in [3.63, 3.8) is 0 Å². The fourth-order valence-corrected chi connectivity index (χ4v) is 8.41. The first-order chi connectivity index (χ1) is 21.8. The minimum absolute atomic E-state index is 0.0244. The Kier molecular flexibility index (Phi) is 11.1. The van der Waals surface area contributed by atoms with Gasteiger partial charge < -0.3 is 14.9 Å². The monoisotopic (exact) mass is 635 g/mol. The molecule has 9 nitrogen and oxygen atoms in total. The number of ether oxygens (including phenoxy) is 1. The molecule has 242 valence electrons. The Hall–Kier alpha value is -3.50. The Labute approximate surface area is 266 Å². The van der Waals surface area contributed by atoms with Crippen molar-refractivity contribution < 1.29 is 27.2 Å². The van der Waals surface area contributed by atoms with E-state index in [1.54, 1.807) is 25.1 Å². The van der Waals surface area contributed by atoms with Gasteiger partial charge in [-0.2, -0.15) is 0 Å². The van der Waals surface area contributed by atoms with Gasteiger partial charge in [-0.3, -0.25) is 9.59 Å². The number of aromatic nitrogens is 1. The van der Waals surface area contributed by atoms with E-state index < -0.39 is 15.9 Å². The summed E-state index contributed by atoms with van der Waals surface area (Å²) in [5.41, 5.74) is 5.84. The standard InChI is InChI=1S/C32H38N2O5S.C3H7NO/c35-32(26-22-38-31(33-26)30-28-20-19-27(39-28)29(30)24-15-6-2-7-16-24)34(40(36,37)25-17-8-3-9-18-25)21-11-10-14-23-12-4-1-5-13-23;1-2-3(4)5/h2-3,6-9,15-18,22-23,27-30H,1,4-5,10-14,19-21H2;2H2,1H3,(H2,4,5)/t27-,28-,29-,30+;/m1./s1. The molecular formula is C35H45N3O6S. The molecule has 45 heavy (non-hydrogen) atoms. The van der Waals surface area contributed by atoms with Crippen LogP contribution in [0, 0.1) is 5.92 Å². The molecule has 1 aliphatic carbocycles. The molecule has 1 aromatic heterocycles. The Balaban J connectivity index is 0.000000743. The number of fused-ring (bicyclic) bond motifs is 2. The SMILES string of the molecule is CCC(N)=O.O=C(c1coc([C@@H]2[C@H](c3ccccc3)[C@H]3CC[C@H]2O3)n1)N(CCCCC1CCCCC1)S(=O)(=O)c1ccccc1. The van der Waals surface area contributed by atoms with Crippen molar-refractivity contribution in [3.8, 4) is 0 Å². The van der Waals surface area contributed by atoms with Crippen LogP contribution in [0.25, 0.3) is 0 Å². The van der Waals surface area contributed by atoms with Gasteiger partial charge >= 0.3 is 0 Å². The van der Waals surface area contributed by atoms with Crippen LogP contribution in [0.1, 0.15) is 111 Å². The molecule has 2 bridgehead atoms. The van der Waals surface area contributed by atoms with E-state index in [4.69, 9.17) is 9.15 Å². The van der Waals surface area contributed by atoms with Crippen molar-refractivity contribution in [3.05, 3.63) is 84.1 Å². The van der Waals surface area contributed by atoms with E-state index in [0.29, 0.717) is 24.7 Å². The van der Waals surface area contributed by atoms with Gasteiger partial charge in [-0.05, 0) is 42.9 Å². The number of hydrogen-bond acceptors (Lipinski definition) is 7. The van der Waals surface area contributed by atoms with Crippen LogP contribution in [0.5, 0.6) is 0 Å². The Morgan fingerprint density at radius 2 is 1.51 bits per heavy atom. The van der Waals surface area contributed by atoms with Crippen LogP contribution >= 0.6 is 0 Å². The normalized spacial score (nSPS) is 22.9. The maximum Gasteiger partial charge on any atom is 0.289 e. The molecular weight excluding hydrogens is 590 g/mol. The number of primary amides is 1. The van der Waals surface area contributed by atoms with Crippen molar-refractivity contribution in [2.75, 3.05) is 6.54 Å². The number of rotatable bonds is 11. The van der Waals surface area contributed by atoms with Crippen LogP contribution in [-0.4, -0.2) is 48.3 Å². The molecule has 2 aromatic carbocycles. The first-order valence-corrected chi connectivity index (χ1v) is 17.8. The van der Waals surface area contributed by atoms with Crippen LogP contribution in [0.15, 0.2) is 76.2 Å². The van der Waals surface area contributed by atoms with E-state index in [-0.39, 0.29) is 47.1 Å². The largest absolute Gasteiger partial charge is 0.448 e. The Morgan fingerprint density at radius 3 is 2.16 bits per heavy atom. The second kappa shape index (κ2) is 15.2. The molecule has 3 aromatic rings. The second-order valence-corrected chi connectivity index (χ2v) is 14.2. The first kappa shape index (κ1) is 32.9. The average Bonchev–Trinajstić information content (AvgIpc) is 3.83. The third-order valence-electron chi connectivity index (χ3n) is 9.34. The van der Waals surface area contributed by atoms with Crippen LogP contribution in [0.2, 0.25) is 0 Å². The van der Waals surface area contributed by atoms with Crippen LogP contribution < -0.4 is 5.73 Å². The highest BCUT2D eigenvalue weighted by molar-refractivity contribution is 7.89. The summed E-state index contributed by atoms with van der Waals surface area (Å²) >= 11 is 0. The number of benzene rings is 2. The maximum absolute atomic E-state index is 13.8. The average molecular weight is 636 g/mol. The summed E-state index contributed by atoms with van der Waals surface area (Å²) in [7, 11) is -4.05. The highest BCUT2D eigenvalue weighted by Crippen LogP contribution is 2.53. The number of nitrogens with zero attached hydrogens (tertiary/aromatic N) is 2. The molecule has 0 radical (unpaired) electrons. The summed E-state index contributed by atoms with van der Waals surface area (Å²) in [5, 5.41) is 0. The molecule has 2 N–H and O–H groups in total. The lowest BCUT2D eigenvalue weighted by atomic mass is 9.75. The lowest BCUT2D eigenvalue weighted by Crippen LogP contribution is -2.38. The number of hydrogen-bond donors (Lipinski definition) is 1. The van der Waals surface area contributed by atoms with Gasteiger partial charge in [-0.15, -0.1) is 0 Å². The number of oxazole rings is 1. The fraction of sp³-hybridized carbons (Fsp3) is 0.514. The van der Waals surface area contributed by atoms with Crippen LogP contribution in [0.3, 0.4) is 0 Å². The van der Waals surface area contributed by atoms with Gasteiger partial charge in [0.2, 0.25) is 11.8 Å². The Morgan fingerprint density at radius 1 is 0.889 bits per heavy atom. The van der Waals surface area contributed by atoms with E-state index in [0.717, 1.165) is 35.6 Å². The quantitative estimate of drug-likeness (QED) is 0.236. The summed E-state index contributed by atoms with van der Waals surface area (Å²) in [6.07, 6.45) is 12.7. The number of carbonyl (C=O) groups is 2. The zero-order valence-electron chi connectivity index (χ0n) is 26.1. The van der Waals surface area contributed by atoms with E-state index in [2.05, 4.69) is 22.9 Å². The molecule has 4 atom stereocenters. The van der Waals surface area contributed by atoms with E-state index >= 15 is 0 Å². The zero-order chi connectivity index (χ0) is 31.8. The molecule has 0 unspecified atom stereocenters. The molecule has 6 rings (SSSR count). The lowest BCUT2D eigenvalue weighted by molar-refractivity contribution is -0.117. The minimum Gasteiger partial charge on any atom is -0.448 e. The highest BCUT2D eigenvalue weighted by Gasteiger charge is 2.52. The van der Waals surface area contributed by atoms with Gasteiger partial charge in [0.15, 0.2) is 5.69 Å². The molecule has 3 heterocycles. The molecule has 1 saturated carbocycles. The molecule has 2 amide bonds. The number of unbranched alkanes of at least 4 members (excludes halogenated alkanes) is 1. The van der Waals surface area contributed by atoms with Crippen LogP contribution in [0.4, 0.5) is 0 Å². The molecule has 3 aliphatic rings. The van der Waals surface area contributed by atoms with E-state index in [1.807, 2.05) is 18.2 Å². The zero-order valence-corrected chi connectivity index (χ0v) is 26.9. The van der Waals surface area contributed by atoms with Crippen molar-refractivity contribution in [2.45, 2.75) is 106 Å². The highest BCUT2D eigenvalue weighted by atomic mass is 32.2. The molecule has 0 spiro atoms. The number of carbonyl (C=O) groups excluding carboxylic acids is 2. The number of nitrogens with two attached hydrogens (primary N) is 1. The molecule has 2 aliphatic heterocycles. The molecule has 10 heteroatoms. The minimum atomic E-state index is -4.05. The van der Waals surface area contributed by atoms with Gasteiger partial charge in [0, 0.05) is 18.9 Å². The van der Waals surface area contributed by atoms with E-state index in [1.165, 1.54) is 50.5 Å². The lowest BCUT2D eigenvalue weighted by Gasteiger charge is -2.26. The summed E-state index contributed by atoms with van der Waals surface area (Å²) in [5.74, 6) is 0.242. The van der Waals surface area contributed by atoms with Crippen LogP contribution in [-0.2, 0) is 19.6 Å². The summed E-state index contributed by atoms with van der Waals surface area (Å²) in [6.45, 7) is 1.84. The first-order valence-electron chi connectivity index (χ1n) is 16.4. The predicted octanol–water partition coefficient (Wildman–Crippen LogP) is 6.57. The Bertz CT molecular complexity index is 1500. The van der Waals surface area contributed by atoms with Gasteiger partial charge in [-0.1, -0.05) is 100 Å². The third-order valence-corrected chi connectivity index (χ3v) is 11.1. The smallest absolute Gasteiger partial charge is 0.289 e. The van der Waals surface area contributed by atoms with Gasteiger partial charge in [0.1, 0.15) is 6.26 Å². The maximum atomic E-state index is 13.8. The van der Waals surface area contributed by atoms with Crippen molar-refractivity contribution >= 4 is 21.8 Å². The van der Waals surface area contributed by atoms with Crippen molar-refractivity contribution in [2.24, 2.45) is 11.7 Å². The van der Waals surface area contributed by atoms with Gasteiger partial charge in [0.05, 0.1) is 23.0 Å². The van der Waals surface area contributed by atoms with E-state index in [9.17, 15) is 18.0 Å². The van der Waals surface area contributed by atoms with Gasteiger partial charge in [0.25, 0.3) is 15.9 Å². The number of sulfonamides is 1. The predicted molar refractivity (Wildman–Crippen MR) is 171 cm³/mol. The second-order valence-electron chi connectivity index (χ2n) is 12.3. The number of amides is 2. The fourth-order valence-electron chi connectivity index (χ4n) is 6.97. The van der Waals surface area contributed by atoms with Gasteiger partial charge in [-0.25, -0.2) is 17.7 Å².